The zero-order chi connectivity index (χ0) is 13.9. The van der Waals surface area contributed by atoms with E-state index in [1.807, 2.05) is 13.8 Å². The molecule has 0 saturated carbocycles. The third kappa shape index (κ3) is 7.88. The lowest BCUT2D eigenvalue weighted by molar-refractivity contribution is -0.138. The summed E-state index contributed by atoms with van der Waals surface area (Å²) in [5.74, 6) is 0. The van der Waals surface area contributed by atoms with Crippen molar-refractivity contribution in [2.24, 2.45) is 0 Å². The maximum atomic E-state index is 5.54. The Hall–Kier alpha value is -0.160. The molecule has 1 aliphatic rings. The molecule has 0 bridgehead atoms. The average Bonchev–Trinajstić information content (AvgIpc) is 2.40. The zero-order valence-corrected chi connectivity index (χ0v) is 13.0. The molecule has 0 aromatic heterocycles. The molecule has 0 aromatic carbocycles. The highest BCUT2D eigenvalue weighted by atomic mass is 16.7. The van der Waals surface area contributed by atoms with E-state index in [2.05, 4.69) is 17.1 Å². The van der Waals surface area contributed by atoms with Crippen molar-refractivity contribution in [2.45, 2.75) is 58.8 Å². The fourth-order valence-corrected chi connectivity index (χ4v) is 2.63. The van der Waals surface area contributed by atoms with Gasteiger partial charge < -0.3 is 19.7 Å². The molecular weight excluding hydrogens is 240 g/mol. The molecule has 1 atom stereocenters. The molecule has 19 heavy (non-hydrogen) atoms. The largest absolute Gasteiger partial charge is 0.353 e. The minimum atomic E-state index is -0.0512. The predicted octanol–water partition coefficient (Wildman–Crippen LogP) is 2.24. The molecule has 1 fully saturated rings. The van der Waals surface area contributed by atoms with Gasteiger partial charge in [-0.1, -0.05) is 6.42 Å². The molecule has 0 amide bonds. The normalized spacial score (nSPS) is 18.9. The van der Waals surface area contributed by atoms with Crippen LogP contribution in [0.2, 0.25) is 0 Å². The van der Waals surface area contributed by atoms with Crippen molar-refractivity contribution in [3.8, 4) is 0 Å². The Morgan fingerprint density at radius 1 is 1.05 bits per heavy atom. The number of hydrogen-bond acceptors (Lipinski definition) is 4. The Balaban J connectivity index is 2.09. The predicted molar refractivity (Wildman–Crippen MR) is 79.4 cm³/mol. The van der Waals surface area contributed by atoms with Gasteiger partial charge in [-0.2, -0.15) is 0 Å². The zero-order valence-electron chi connectivity index (χ0n) is 13.0. The maximum absolute atomic E-state index is 5.54. The molecule has 4 nitrogen and oxygen atoms in total. The summed E-state index contributed by atoms with van der Waals surface area (Å²) in [5.41, 5.74) is 0. The lowest BCUT2D eigenvalue weighted by Crippen LogP contribution is -2.42. The van der Waals surface area contributed by atoms with Crippen molar-refractivity contribution in [1.29, 1.82) is 0 Å². The van der Waals surface area contributed by atoms with E-state index in [1.54, 1.807) is 0 Å². The molecule has 0 radical (unpaired) electrons. The van der Waals surface area contributed by atoms with E-state index < -0.39 is 0 Å². The number of likely N-dealkylation sites (tertiary alicyclic amines) is 1. The van der Waals surface area contributed by atoms with Crippen LogP contribution < -0.4 is 5.32 Å². The Kier molecular flexibility index (Phi) is 9.43. The fourth-order valence-electron chi connectivity index (χ4n) is 2.63. The molecule has 1 aliphatic heterocycles. The summed E-state index contributed by atoms with van der Waals surface area (Å²) < 4.78 is 11.1. The van der Waals surface area contributed by atoms with Crippen LogP contribution in [0, 0.1) is 0 Å². The summed E-state index contributed by atoms with van der Waals surface area (Å²) in [6.45, 7) is 12.4. The number of piperidine rings is 1. The molecule has 1 saturated heterocycles. The van der Waals surface area contributed by atoms with Crippen molar-refractivity contribution >= 4 is 0 Å². The van der Waals surface area contributed by atoms with Crippen LogP contribution in [-0.2, 0) is 9.47 Å². The van der Waals surface area contributed by atoms with Crippen LogP contribution in [0.15, 0.2) is 0 Å². The second-order valence-electron chi connectivity index (χ2n) is 5.35. The Morgan fingerprint density at radius 3 is 2.26 bits per heavy atom. The monoisotopic (exact) mass is 272 g/mol. The first-order valence-corrected chi connectivity index (χ1v) is 7.95. The first kappa shape index (κ1) is 16.9. The summed E-state index contributed by atoms with van der Waals surface area (Å²) in [5, 5.41) is 3.58. The van der Waals surface area contributed by atoms with Crippen LogP contribution in [0.5, 0.6) is 0 Å². The molecule has 0 aliphatic carbocycles. The number of nitrogens with zero attached hydrogens (tertiary/aromatic N) is 1. The second-order valence-corrected chi connectivity index (χ2v) is 5.35. The third-order valence-corrected chi connectivity index (χ3v) is 3.56. The van der Waals surface area contributed by atoms with Gasteiger partial charge in [-0.3, -0.25) is 0 Å². The van der Waals surface area contributed by atoms with E-state index in [0.29, 0.717) is 19.3 Å². The molecule has 114 valence electrons. The first-order chi connectivity index (χ1) is 9.26. The van der Waals surface area contributed by atoms with Gasteiger partial charge in [0.25, 0.3) is 0 Å². The van der Waals surface area contributed by atoms with Crippen LogP contribution >= 0.6 is 0 Å². The van der Waals surface area contributed by atoms with Gasteiger partial charge in [0.15, 0.2) is 6.29 Å². The Morgan fingerprint density at radius 2 is 1.68 bits per heavy atom. The maximum Gasteiger partial charge on any atom is 0.158 e. The summed E-state index contributed by atoms with van der Waals surface area (Å²) in [4.78, 5) is 2.57. The van der Waals surface area contributed by atoms with Crippen LogP contribution in [-0.4, -0.2) is 56.6 Å². The molecule has 1 unspecified atom stereocenters. The van der Waals surface area contributed by atoms with Crippen LogP contribution in [0.1, 0.15) is 46.5 Å². The van der Waals surface area contributed by atoms with Crippen LogP contribution in [0.4, 0.5) is 0 Å². The van der Waals surface area contributed by atoms with E-state index in [4.69, 9.17) is 9.47 Å². The van der Waals surface area contributed by atoms with E-state index in [-0.39, 0.29) is 6.29 Å². The summed E-state index contributed by atoms with van der Waals surface area (Å²) in [7, 11) is 0. The van der Waals surface area contributed by atoms with E-state index in [1.165, 1.54) is 32.4 Å². The fraction of sp³-hybridized carbons (Fsp3) is 1.00. The molecule has 0 spiro atoms. The molecular formula is C15H32N2O2. The molecule has 4 heteroatoms. The smallest absolute Gasteiger partial charge is 0.158 e. The Labute approximate surface area is 118 Å². The Bertz CT molecular complexity index is 202. The van der Waals surface area contributed by atoms with Gasteiger partial charge in [-0.25, -0.2) is 0 Å². The standard InChI is InChI=1S/C15H32N2O2/c1-4-18-15(19-5-2)9-10-16-14(3)13-17-11-7-6-8-12-17/h14-16H,4-13H2,1-3H3. The molecule has 0 aromatic rings. The summed E-state index contributed by atoms with van der Waals surface area (Å²) in [6, 6.07) is 0.544. The van der Waals surface area contributed by atoms with E-state index >= 15 is 0 Å². The minimum Gasteiger partial charge on any atom is -0.353 e. The molecule has 1 heterocycles. The highest BCUT2D eigenvalue weighted by Gasteiger charge is 2.13. The van der Waals surface area contributed by atoms with Gasteiger partial charge in [-0.15, -0.1) is 0 Å². The molecule has 1 rings (SSSR count). The van der Waals surface area contributed by atoms with Gasteiger partial charge in [0.05, 0.1) is 0 Å². The van der Waals surface area contributed by atoms with Crippen molar-refractivity contribution < 1.29 is 9.47 Å². The number of hydrogen-bond donors (Lipinski definition) is 1. The van der Waals surface area contributed by atoms with Crippen molar-refractivity contribution in [3.63, 3.8) is 0 Å². The number of nitrogens with one attached hydrogen (secondary N) is 1. The quantitative estimate of drug-likeness (QED) is 0.618. The topological polar surface area (TPSA) is 33.7 Å². The van der Waals surface area contributed by atoms with Crippen molar-refractivity contribution in [3.05, 3.63) is 0 Å². The van der Waals surface area contributed by atoms with E-state index in [9.17, 15) is 0 Å². The van der Waals surface area contributed by atoms with Crippen molar-refractivity contribution in [1.82, 2.24) is 10.2 Å². The van der Waals surface area contributed by atoms with Gasteiger partial charge in [0, 0.05) is 38.8 Å². The first-order valence-electron chi connectivity index (χ1n) is 7.95. The second kappa shape index (κ2) is 10.6. The number of rotatable bonds is 10. The summed E-state index contributed by atoms with van der Waals surface area (Å²) >= 11 is 0. The van der Waals surface area contributed by atoms with Gasteiger partial charge in [0.2, 0.25) is 0 Å². The van der Waals surface area contributed by atoms with Gasteiger partial charge >= 0.3 is 0 Å². The lowest BCUT2D eigenvalue weighted by atomic mass is 10.1. The van der Waals surface area contributed by atoms with Crippen LogP contribution in [0.3, 0.4) is 0 Å². The molecule has 1 N–H and O–H groups in total. The third-order valence-electron chi connectivity index (χ3n) is 3.56. The summed E-state index contributed by atoms with van der Waals surface area (Å²) in [6.07, 6.45) is 5.01. The van der Waals surface area contributed by atoms with Crippen molar-refractivity contribution in [2.75, 3.05) is 39.4 Å². The lowest BCUT2D eigenvalue weighted by Gasteiger charge is -2.29. The van der Waals surface area contributed by atoms with Gasteiger partial charge in [0.1, 0.15) is 0 Å². The number of ether oxygens (including phenoxy) is 2. The highest BCUT2D eigenvalue weighted by Crippen LogP contribution is 2.08. The average molecular weight is 272 g/mol. The van der Waals surface area contributed by atoms with Crippen LogP contribution in [0.25, 0.3) is 0 Å². The minimum absolute atomic E-state index is 0.0512. The van der Waals surface area contributed by atoms with Gasteiger partial charge in [-0.05, 0) is 46.7 Å². The van der Waals surface area contributed by atoms with E-state index in [0.717, 1.165) is 19.5 Å². The SMILES string of the molecule is CCOC(CCNC(C)CN1CCCCC1)OCC. The highest BCUT2D eigenvalue weighted by molar-refractivity contribution is 4.71.